The van der Waals surface area contributed by atoms with Crippen molar-refractivity contribution < 1.29 is 4.79 Å². The Morgan fingerprint density at radius 3 is 2.44 bits per heavy atom. The number of nitrogens with two attached hydrogens (primary N) is 1. The molecule has 0 aliphatic rings. The van der Waals surface area contributed by atoms with Gasteiger partial charge >= 0.3 is 5.69 Å². The summed E-state index contributed by atoms with van der Waals surface area (Å²) >= 11 is 0. The van der Waals surface area contributed by atoms with Crippen LogP contribution in [0.3, 0.4) is 0 Å². The minimum Gasteiger partial charge on any atom is -0.365 e. The van der Waals surface area contributed by atoms with Crippen LogP contribution in [0.5, 0.6) is 0 Å². The highest BCUT2D eigenvalue weighted by molar-refractivity contribution is 5.99. The van der Waals surface area contributed by atoms with Gasteiger partial charge < -0.3 is 5.73 Å². The number of benzene rings is 1. The zero-order valence-corrected chi connectivity index (χ0v) is 10.2. The lowest BCUT2D eigenvalue weighted by atomic mass is 10.0. The SMILES string of the molecule is Cc1c(C(N)=O)c(-c2ccccc2)nc(=O)n1C. The van der Waals surface area contributed by atoms with Crippen LogP contribution >= 0.6 is 0 Å². The van der Waals surface area contributed by atoms with E-state index in [1.54, 1.807) is 26.1 Å². The van der Waals surface area contributed by atoms with Crippen LogP contribution in [0.1, 0.15) is 16.1 Å². The van der Waals surface area contributed by atoms with Gasteiger partial charge in [0.25, 0.3) is 5.91 Å². The summed E-state index contributed by atoms with van der Waals surface area (Å²) in [6.45, 7) is 1.68. The van der Waals surface area contributed by atoms with E-state index in [1.807, 2.05) is 18.2 Å². The molecule has 0 saturated carbocycles. The molecule has 1 aromatic heterocycles. The number of nitrogens with zero attached hydrogens (tertiary/aromatic N) is 2. The molecule has 2 N–H and O–H groups in total. The number of hydrogen-bond acceptors (Lipinski definition) is 3. The first-order valence-corrected chi connectivity index (χ1v) is 5.45. The Morgan fingerprint density at radius 2 is 1.89 bits per heavy atom. The fraction of sp³-hybridized carbons (Fsp3) is 0.154. The van der Waals surface area contributed by atoms with Gasteiger partial charge in [0.05, 0.1) is 11.3 Å². The van der Waals surface area contributed by atoms with E-state index in [0.717, 1.165) is 0 Å². The summed E-state index contributed by atoms with van der Waals surface area (Å²) in [7, 11) is 1.56. The second-order valence-corrected chi connectivity index (χ2v) is 3.99. The zero-order chi connectivity index (χ0) is 13.3. The van der Waals surface area contributed by atoms with Crippen molar-refractivity contribution in [3.8, 4) is 11.3 Å². The summed E-state index contributed by atoms with van der Waals surface area (Å²) in [4.78, 5) is 27.2. The summed E-state index contributed by atoms with van der Waals surface area (Å²) in [6.07, 6.45) is 0. The number of amides is 1. The third-order valence-electron chi connectivity index (χ3n) is 2.89. The molecule has 2 aromatic rings. The molecule has 0 unspecified atom stereocenters. The summed E-state index contributed by atoms with van der Waals surface area (Å²) in [5.41, 5.74) is 6.80. The van der Waals surface area contributed by atoms with Gasteiger partial charge in [0, 0.05) is 18.3 Å². The van der Waals surface area contributed by atoms with Gasteiger partial charge in [-0.3, -0.25) is 9.36 Å². The monoisotopic (exact) mass is 243 g/mol. The summed E-state index contributed by atoms with van der Waals surface area (Å²) in [5, 5.41) is 0. The van der Waals surface area contributed by atoms with E-state index in [-0.39, 0.29) is 5.56 Å². The van der Waals surface area contributed by atoms with Crippen LogP contribution in [-0.2, 0) is 7.05 Å². The molecule has 92 valence electrons. The van der Waals surface area contributed by atoms with E-state index < -0.39 is 11.6 Å². The fourth-order valence-corrected chi connectivity index (χ4v) is 1.81. The van der Waals surface area contributed by atoms with E-state index in [9.17, 15) is 9.59 Å². The maximum absolute atomic E-state index is 11.7. The normalized spacial score (nSPS) is 10.3. The van der Waals surface area contributed by atoms with Crippen LogP contribution < -0.4 is 11.4 Å². The van der Waals surface area contributed by atoms with E-state index in [4.69, 9.17) is 5.73 Å². The molecule has 1 aromatic carbocycles. The molecule has 0 aliphatic heterocycles. The smallest absolute Gasteiger partial charge is 0.348 e. The second-order valence-electron chi connectivity index (χ2n) is 3.99. The number of aromatic nitrogens is 2. The highest BCUT2D eigenvalue weighted by Gasteiger charge is 2.17. The van der Waals surface area contributed by atoms with Crippen molar-refractivity contribution in [2.24, 2.45) is 12.8 Å². The third-order valence-corrected chi connectivity index (χ3v) is 2.89. The van der Waals surface area contributed by atoms with Gasteiger partial charge in [0.1, 0.15) is 0 Å². The Hall–Kier alpha value is -2.43. The highest BCUT2D eigenvalue weighted by Crippen LogP contribution is 2.21. The van der Waals surface area contributed by atoms with Crippen molar-refractivity contribution >= 4 is 5.91 Å². The Labute approximate surface area is 104 Å². The zero-order valence-electron chi connectivity index (χ0n) is 10.2. The van der Waals surface area contributed by atoms with E-state index in [0.29, 0.717) is 17.0 Å². The molecule has 1 heterocycles. The number of rotatable bonds is 2. The van der Waals surface area contributed by atoms with Crippen molar-refractivity contribution in [3.63, 3.8) is 0 Å². The van der Waals surface area contributed by atoms with Crippen LogP contribution in [0.4, 0.5) is 0 Å². The quantitative estimate of drug-likeness (QED) is 0.849. The Kier molecular flexibility index (Phi) is 2.97. The first-order chi connectivity index (χ1) is 8.52. The largest absolute Gasteiger partial charge is 0.365 e. The van der Waals surface area contributed by atoms with E-state index in [1.165, 1.54) is 4.57 Å². The summed E-state index contributed by atoms with van der Waals surface area (Å²) < 4.78 is 1.31. The van der Waals surface area contributed by atoms with Crippen molar-refractivity contribution in [2.75, 3.05) is 0 Å². The molecule has 0 aliphatic carbocycles. The highest BCUT2D eigenvalue weighted by atomic mass is 16.2. The van der Waals surface area contributed by atoms with Crippen LogP contribution in [0.25, 0.3) is 11.3 Å². The predicted molar refractivity (Wildman–Crippen MR) is 68.2 cm³/mol. The van der Waals surface area contributed by atoms with Gasteiger partial charge in [-0.05, 0) is 6.92 Å². The van der Waals surface area contributed by atoms with E-state index in [2.05, 4.69) is 4.98 Å². The number of carbonyl (C=O) groups is 1. The second kappa shape index (κ2) is 4.44. The predicted octanol–water partition coefficient (Wildman–Crippen LogP) is 0.855. The van der Waals surface area contributed by atoms with Crippen LogP contribution in [-0.4, -0.2) is 15.5 Å². The van der Waals surface area contributed by atoms with Crippen molar-refractivity contribution in [1.82, 2.24) is 9.55 Å². The Bertz CT molecular complexity index is 660. The topological polar surface area (TPSA) is 78.0 Å². The minimum absolute atomic E-state index is 0.281. The number of primary amides is 1. The number of hydrogen-bond donors (Lipinski definition) is 1. The molecular formula is C13H13N3O2. The van der Waals surface area contributed by atoms with Crippen LogP contribution in [0, 0.1) is 6.92 Å². The summed E-state index contributed by atoms with van der Waals surface area (Å²) in [5.74, 6) is -0.588. The lowest BCUT2D eigenvalue weighted by Crippen LogP contribution is -2.28. The average Bonchev–Trinajstić information content (AvgIpc) is 2.36. The first kappa shape index (κ1) is 12.0. The molecule has 0 saturated heterocycles. The molecule has 2 rings (SSSR count). The van der Waals surface area contributed by atoms with Gasteiger partial charge in [-0.1, -0.05) is 30.3 Å². The lowest BCUT2D eigenvalue weighted by Gasteiger charge is -2.11. The van der Waals surface area contributed by atoms with E-state index >= 15 is 0 Å². The molecule has 0 fully saturated rings. The van der Waals surface area contributed by atoms with Crippen molar-refractivity contribution in [1.29, 1.82) is 0 Å². The van der Waals surface area contributed by atoms with Gasteiger partial charge in [-0.15, -0.1) is 0 Å². The van der Waals surface area contributed by atoms with Gasteiger partial charge in [0.2, 0.25) is 0 Å². The van der Waals surface area contributed by atoms with Crippen LogP contribution in [0.2, 0.25) is 0 Å². The standard InChI is InChI=1S/C13H13N3O2/c1-8-10(12(14)17)11(15-13(18)16(8)2)9-6-4-3-5-7-9/h3-7H,1-2H3,(H2,14,17). The Balaban J connectivity index is 2.83. The first-order valence-electron chi connectivity index (χ1n) is 5.45. The molecule has 5 nitrogen and oxygen atoms in total. The molecule has 0 spiro atoms. The van der Waals surface area contributed by atoms with Crippen LogP contribution in [0.15, 0.2) is 35.1 Å². The average molecular weight is 243 g/mol. The lowest BCUT2D eigenvalue weighted by molar-refractivity contribution is 0.0999. The van der Waals surface area contributed by atoms with Gasteiger partial charge in [0.15, 0.2) is 0 Å². The molecular weight excluding hydrogens is 230 g/mol. The Morgan fingerprint density at radius 1 is 1.28 bits per heavy atom. The third kappa shape index (κ3) is 1.90. The number of carbonyl (C=O) groups excluding carboxylic acids is 1. The molecule has 0 radical (unpaired) electrons. The van der Waals surface area contributed by atoms with Crippen molar-refractivity contribution in [3.05, 3.63) is 52.1 Å². The maximum Gasteiger partial charge on any atom is 0.348 e. The van der Waals surface area contributed by atoms with Gasteiger partial charge in [-0.2, -0.15) is 4.98 Å². The summed E-state index contributed by atoms with van der Waals surface area (Å²) in [6, 6.07) is 9.05. The van der Waals surface area contributed by atoms with Gasteiger partial charge in [-0.25, -0.2) is 4.79 Å². The fourth-order valence-electron chi connectivity index (χ4n) is 1.81. The molecule has 5 heteroatoms. The molecule has 0 bridgehead atoms. The molecule has 0 atom stereocenters. The van der Waals surface area contributed by atoms with Crippen molar-refractivity contribution in [2.45, 2.75) is 6.92 Å². The maximum atomic E-state index is 11.7. The molecule has 18 heavy (non-hydrogen) atoms. The minimum atomic E-state index is -0.588. The molecule has 1 amide bonds.